The van der Waals surface area contributed by atoms with Crippen LogP contribution in [0.1, 0.15) is 5.69 Å². The van der Waals surface area contributed by atoms with Gasteiger partial charge in [-0.3, -0.25) is 9.48 Å². The van der Waals surface area contributed by atoms with Crippen molar-refractivity contribution < 1.29 is 9.53 Å². The molecule has 6 heteroatoms. The molecule has 0 radical (unpaired) electrons. The molecule has 0 aliphatic rings. The molecule has 0 saturated carbocycles. The van der Waals surface area contributed by atoms with E-state index in [9.17, 15) is 4.79 Å². The number of carbonyl (C=O) groups excluding carboxylic acids is 1. The molecule has 2 aromatic heterocycles. The number of aryl methyl sites for hydroxylation is 1. The fourth-order valence-corrected chi connectivity index (χ4v) is 2.98. The van der Waals surface area contributed by atoms with E-state index in [1.807, 2.05) is 53.4 Å². The monoisotopic (exact) mass is 341 g/mol. The van der Waals surface area contributed by atoms with Crippen LogP contribution in [-0.2, 0) is 11.3 Å². The fourth-order valence-electron chi connectivity index (χ4n) is 2.30. The SMILES string of the molecule is Cc1cc(-c2cccs2)nn1CCNC(=O)COc1ccccc1. The molecule has 0 unspecified atom stereocenters. The number of rotatable bonds is 7. The van der Waals surface area contributed by atoms with Gasteiger partial charge < -0.3 is 10.1 Å². The van der Waals surface area contributed by atoms with Crippen LogP contribution >= 0.6 is 11.3 Å². The first-order chi connectivity index (χ1) is 11.7. The number of carbonyl (C=O) groups is 1. The highest BCUT2D eigenvalue weighted by molar-refractivity contribution is 7.13. The molecule has 0 bridgehead atoms. The first-order valence-corrected chi connectivity index (χ1v) is 8.63. The second-order valence-electron chi connectivity index (χ2n) is 5.32. The van der Waals surface area contributed by atoms with Gasteiger partial charge in [-0.2, -0.15) is 5.10 Å². The summed E-state index contributed by atoms with van der Waals surface area (Å²) in [5, 5.41) is 9.48. The van der Waals surface area contributed by atoms with Crippen molar-refractivity contribution in [3.8, 4) is 16.3 Å². The van der Waals surface area contributed by atoms with Gasteiger partial charge in [0.15, 0.2) is 6.61 Å². The Hall–Kier alpha value is -2.60. The molecule has 1 N–H and O–H groups in total. The molecule has 0 saturated heterocycles. The summed E-state index contributed by atoms with van der Waals surface area (Å²) in [5.41, 5.74) is 2.05. The van der Waals surface area contributed by atoms with Crippen LogP contribution in [-0.4, -0.2) is 28.8 Å². The maximum absolute atomic E-state index is 11.8. The summed E-state index contributed by atoms with van der Waals surface area (Å²) in [4.78, 5) is 13.0. The minimum absolute atomic E-state index is 0.0164. The van der Waals surface area contributed by atoms with Crippen molar-refractivity contribution >= 4 is 17.2 Å². The third-order valence-corrected chi connectivity index (χ3v) is 4.41. The van der Waals surface area contributed by atoms with Gasteiger partial charge in [-0.05, 0) is 36.6 Å². The van der Waals surface area contributed by atoms with Crippen molar-refractivity contribution in [3.05, 3.63) is 59.6 Å². The van der Waals surface area contributed by atoms with E-state index in [-0.39, 0.29) is 12.5 Å². The van der Waals surface area contributed by atoms with E-state index in [1.165, 1.54) is 0 Å². The van der Waals surface area contributed by atoms with Crippen LogP contribution in [0.3, 0.4) is 0 Å². The van der Waals surface area contributed by atoms with Crippen LogP contribution in [0.5, 0.6) is 5.75 Å². The van der Waals surface area contributed by atoms with Gasteiger partial charge in [0.05, 0.1) is 11.4 Å². The number of hydrogen-bond donors (Lipinski definition) is 1. The quantitative estimate of drug-likeness (QED) is 0.718. The summed E-state index contributed by atoms with van der Waals surface area (Å²) in [6, 6.07) is 15.4. The van der Waals surface area contributed by atoms with Crippen molar-refractivity contribution in [2.24, 2.45) is 0 Å². The van der Waals surface area contributed by atoms with Crippen LogP contribution < -0.4 is 10.1 Å². The summed E-state index contributed by atoms with van der Waals surface area (Å²) in [6.45, 7) is 3.19. The number of nitrogens with one attached hydrogen (secondary N) is 1. The molecule has 0 spiro atoms. The minimum Gasteiger partial charge on any atom is -0.484 e. The van der Waals surface area contributed by atoms with Crippen molar-refractivity contribution in [2.75, 3.05) is 13.2 Å². The summed E-state index contributed by atoms with van der Waals surface area (Å²) in [5.74, 6) is 0.554. The highest BCUT2D eigenvalue weighted by Crippen LogP contribution is 2.23. The number of ether oxygens (including phenoxy) is 1. The zero-order valence-electron chi connectivity index (χ0n) is 13.4. The molecule has 0 atom stereocenters. The molecule has 24 heavy (non-hydrogen) atoms. The number of para-hydroxylation sites is 1. The molecule has 124 valence electrons. The summed E-state index contributed by atoms with van der Waals surface area (Å²) >= 11 is 1.67. The van der Waals surface area contributed by atoms with E-state index in [1.54, 1.807) is 11.3 Å². The van der Waals surface area contributed by atoms with E-state index in [0.717, 1.165) is 16.3 Å². The lowest BCUT2D eigenvalue weighted by molar-refractivity contribution is -0.123. The third kappa shape index (κ3) is 4.23. The number of nitrogens with zero attached hydrogens (tertiary/aromatic N) is 2. The first kappa shape index (κ1) is 16.3. The van der Waals surface area contributed by atoms with Crippen molar-refractivity contribution in [3.63, 3.8) is 0 Å². The lowest BCUT2D eigenvalue weighted by atomic mass is 10.3. The van der Waals surface area contributed by atoms with Gasteiger partial charge >= 0.3 is 0 Å². The Bertz CT molecular complexity index is 782. The maximum Gasteiger partial charge on any atom is 0.258 e. The molecule has 3 rings (SSSR count). The number of benzene rings is 1. The predicted octanol–water partition coefficient (Wildman–Crippen LogP) is 3.12. The molecule has 0 aliphatic carbocycles. The van der Waals surface area contributed by atoms with Gasteiger partial charge in [0, 0.05) is 12.2 Å². The lowest BCUT2D eigenvalue weighted by Gasteiger charge is -2.08. The van der Waals surface area contributed by atoms with Gasteiger partial charge in [0.1, 0.15) is 11.4 Å². The Morgan fingerprint density at radius 2 is 2.08 bits per heavy atom. The molecule has 2 heterocycles. The molecule has 0 fully saturated rings. The standard InChI is InChI=1S/C18H19N3O2S/c1-14-12-16(17-8-5-11-24-17)20-21(14)10-9-19-18(22)13-23-15-6-3-2-4-7-15/h2-8,11-12H,9-10,13H2,1H3,(H,19,22). The van der Waals surface area contributed by atoms with Gasteiger partial charge in [-0.25, -0.2) is 0 Å². The van der Waals surface area contributed by atoms with Crippen LogP contribution in [0, 0.1) is 6.92 Å². The van der Waals surface area contributed by atoms with Crippen molar-refractivity contribution in [2.45, 2.75) is 13.5 Å². The Balaban J connectivity index is 1.45. The molecule has 1 amide bonds. The van der Waals surface area contributed by atoms with Gasteiger partial charge in [-0.1, -0.05) is 24.3 Å². The number of thiophene rings is 1. The van der Waals surface area contributed by atoms with Gasteiger partial charge in [0.2, 0.25) is 0 Å². The lowest BCUT2D eigenvalue weighted by Crippen LogP contribution is -2.31. The Morgan fingerprint density at radius 3 is 2.83 bits per heavy atom. The molecule has 3 aromatic rings. The zero-order valence-corrected chi connectivity index (χ0v) is 14.3. The Labute approximate surface area is 144 Å². The molecular weight excluding hydrogens is 322 g/mol. The number of amides is 1. The largest absolute Gasteiger partial charge is 0.484 e. The summed E-state index contributed by atoms with van der Waals surface area (Å²) in [7, 11) is 0. The molecule has 1 aromatic carbocycles. The molecule has 0 aliphatic heterocycles. The van der Waals surface area contributed by atoms with Crippen molar-refractivity contribution in [1.82, 2.24) is 15.1 Å². The van der Waals surface area contributed by atoms with Crippen LogP contribution in [0.4, 0.5) is 0 Å². The summed E-state index contributed by atoms with van der Waals surface area (Å²) < 4.78 is 7.32. The average Bonchev–Trinajstić information content (AvgIpc) is 3.24. The number of aromatic nitrogens is 2. The zero-order chi connectivity index (χ0) is 16.8. The van der Waals surface area contributed by atoms with E-state index in [2.05, 4.69) is 22.5 Å². The number of hydrogen-bond acceptors (Lipinski definition) is 4. The van der Waals surface area contributed by atoms with Gasteiger partial charge in [-0.15, -0.1) is 11.3 Å². The molecule has 5 nitrogen and oxygen atoms in total. The minimum atomic E-state index is -0.137. The highest BCUT2D eigenvalue weighted by atomic mass is 32.1. The van der Waals surface area contributed by atoms with Crippen LogP contribution in [0.15, 0.2) is 53.9 Å². The fraction of sp³-hybridized carbons (Fsp3) is 0.222. The molecular formula is C18H19N3O2S. The predicted molar refractivity (Wildman–Crippen MR) is 95.2 cm³/mol. The van der Waals surface area contributed by atoms with Crippen molar-refractivity contribution in [1.29, 1.82) is 0 Å². The summed E-state index contributed by atoms with van der Waals surface area (Å²) in [6.07, 6.45) is 0. The topological polar surface area (TPSA) is 56.2 Å². The normalized spacial score (nSPS) is 10.5. The van der Waals surface area contributed by atoms with E-state index in [0.29, 0.717) is 18.8 Å². The highest BCUT2D eigenvalue weighted by Gasteiger charge is 2.08. The van der Waals surface area contributed by atoms with E-state index < -0.39 is 0 Å². The van der Waals surface area contributed by atoms with Crippen LogP contribution in [0.25, 0.3) is 10.6 Å². The van der Waals surface area contributed by atoms with Crippen LogP contribution in [0.2, 0.25) is 0 Å². The van der Waals surface area contributed by atoms with Gasteiger partial charge in [0.25, 0.3) is 5.91 Å². The second kappa shape index (κ2) is 7.79. The Morgan fingerprint density at radius 1 is 1.25 bits per heavy atom. The first-order valence-electron chi connectivity index (χ1n) is 7.75. The van der Waals surface area contributed by atoms with E-state index >= 15 is 0 Å². The van der Waals surface area contributed by atoms with E-state index in [4.69, 9.17) is 4.74 Å². The Kier molecular flexibility index (Phi) is 5.28. The third-order valence-electron chi connectivity index (χ3n) is 3.51. The second-order valence-corrected chi connectivity index (χ2v) is 6.27. The average molecular weight is 341 g/mol. The smallest absolute Gasteiger partial charge is 0.258 e. The maximum atomic E-state index is 11.8.